The van der Waals surface area contributed by atoms with Gasteiger partial charge in [-0.3, -0.25) is 9.89 Å². The number of nitrogens with zero attached hydrogens (tertiary/aromatic N) is 2. The fraction of sp³-hybridized carbons (Fsp3) is 0.522. The van der Waals surface area contributed by atoms with E-state index in [9.17, 15) is 8.42 Å². The number of rotatable bonds is 11. The van der Waals surface area contributed by atoms with E-state index in [0.717, 1.165) is 31.0 Å². The van der Waals surface area contributed by atoms with Gasteiger partial charge in [-0.15, -0.1) is 24.0 Å². The molecule has 1 saturated heterocycles. The number of nitrogens with one attached hydrogen (secondary N) is 2. The Hall–Kier alpha value is -1.59. The monoisotopic (exact) mass is 574 g/mol. The van der Waals surface area contributed by atoms with Crippen molar-refractivity contribution in [2.24, 2.45) is 4.99 Å². The van der Waals surface area contributed by atoms with Crippen molar-refractivity contribution < 1.29 is 12.8 Å². The molecule has 32 heavy (non-hydrogen) atoms. The highest BCUT2D eigenvalue weighted by Gasteiger charge is 2.25. The summed E-state index contributed by atoms with van der Waals surface area (Å²) in [6.45, 7) is 6.03. The van der Waals surface area contributed by atoms with E-state index in [2.05, 4.69) is 15.5 Å². The van der Waals surface area contributed by atoms with E-state index in [4.69, 9.17) is 9.41 Å². The Kier molecular flexibility index (Phi) is 11.5. The topological polar surface area (TPSA) is 86.9 Å². The Labute approximate surface area is 209 Å². The van der Waals surface area contributed by atoms with Crippen LogP contribution < -0.4 is 10.6 Å². The Morgan fingerprint density at radius 1 is 1.12 bits per heavy atom. The van der Waals surface area contributed by atoms with Crippen LogP contribution in [0, 0.1) is 0 Å². The summed E-state index contributed by atoms with van der Waals surface area (Å²) in [6.07, 6.45) is 4.65. The summed E-state index contributed by atoms with van der Waals surface area (Å²) in [5.74, 6) is 1.88. The van der Waals surface area contributed by atoms with Crippen molar-refractivity contribution >= 4 is 39.8 Å². The minimum atomic E-state index is -3.13. The quantitative estimate of drug-likeness (QED) is 0.185. The molecule has 1 unspecified atom stereocenters. The van der Waals surface area contributed by atoms with Crippen molar-refractivity contribution in [2.45, 2.75) is 38.0 Å². The fourth-order valence-corrected chi connectivity index (χ4v) is 5.27. The smallest absolute Gasteiger partial charge is 0.191 e. The van der Waals surface area contributed by atoms with Gasteiger partial charge in [0, 0.05) is 13.1 Å². The van der Waals surface area contributed by atoms with Crippen molar-refractivity contribution in [1.29, 1.82) is 0 Å². The summed E-state index contributed by atoms with van der Waals surface area (Å²) in [5, 5.41) is 6.53. The van der Waals surface area contributed by atoms with Crippen LogP contribution in [-0.4, -0.2) is 57.8 Å². The summed E-state index contributed by atoms with van der Waals surface area (Å²) in [4.78, 5) is 7.18. The van der Waals surface area contributed by atoms with Gasteiger partial charge in [-0.1, -0.05) is 30.3 Å². The summed E-state index contributed by atoms with van der Waals surface area (Å²) in [7, 11) is -3.13. The molecule has 9 heteroatoms. The van der Waals surface area contributed by atoms with Gasteiger partial charge in [-0.05, 0) is 57.0 Å². The molecule has 0 saturated carbocycles. The predicted molar refractivity (Wildman–Crippen MR) is 140 cm³/mol. The van der Waals surface area contributed by atoms with Crippen molar-refractivity contribution in [2.75, 3.05) is 38.5 Å². The third-order valence-electron chi connectivity index (χ3n) is 5.37. The molecular formula is C23H35IN4O3S. The summed E-state index contributed by atoms with van der Waals surface area (Å²) in [5.41, 5.74) is 0.830. The second-order valence-corrected chi connectivity index (χ2v) is 10.0. The molecule has 3 rings (SSSR count). The summed E-state index contributed by atoms with van der Waals surface area (Å²) < 4.78 is 30.4. The van der Waals surface area contributed by atoms with Gasteiger partial charge in [0.2, 0.25) is 0 Å². The van der Waals surface area contributed by atoms with Crippen LogP contribution in [-0.2, 0) is 15.6 Å². The molecule has 0 amide bonds. The fourth-order valence-electron chi connectivity index (χ4n) is 3.84. The lowest BCUT2D eigenvalue weighted by molar-refractivity contribution is 0.221. The molecule has 7 nitrogen and oxygen atoms in total. The largest absolute Gasteiger partial charge is 0.468 e. The minimum absolute atomic E-state index is 0. The van der Waals surface area contributed by atoms with Crippen LogP contribution in [0.15, 0.2) is 58.1 Å². The maximum absolute atomic E-state index is 12.4. The number of guanidine groups is 1. The molecule has 0 bridgehead atoms. The molecule has 2 aromatic rings. The zero-order chi connectivity index (χ0) is 21.9. The first-order chi connectivity index (χ1) is 15.1. The molecule has 0 radical (unpaired) electrons. The van der Waals surface area contributed by atoms with Gasteiger partial charge < -0.3 is 15.1 Å². The number of furan rings is 1. The van der Waals surface area contributed by atoms with E-state index in [-0.39, 0.29) is 41.5 Å². The van der Waals surface area contributed by atoms with Crippen LogP contribution in [0.2, 0.25) is 0 Å². The van der Waals surface area contributed by atoms with E-state index in [1.807, 2.05) is 49.4 Å². The zero-order valence-corrected chi connectivity index (χ0v) is 21.8. The van der Waals surface area contributed by atoms with Crippen LogP contribution in [0.5, 0.6) is 0 Å². The molecule has 1 atom stereocenters. The van der Waals surface area contributed by atoms with Gasteiger partial charge in [-0.25, -0.2) is 8.42 Å². The zero-order valence-electron chi connectivity index (χ0n) is 18.7. The molecule has 1 aromatic heterocycles. The number of aliphatic imine (C=N–C) groups is 1. The van der Waals surface area contributed by atoms with Crippen LogP contribution in [0.25, 0.3) is 0 Å². The third-order valence-corrected chi connectivity index (χ3v) is 7.06. The van der Waals surface area contributed by atoms with Gasteiger partial charge in [-0.2, -0.15) is 0 Å². The molecule has 1 aliphatic heterocycles. The molecule has 1 aromatic carbocycles. The van der Waals surface area contributed by atoms with Gasteiger partial charge >= 0.3 is 0 Å². The molecule has 178 valence electrons. The van der Waals surface area contributed by atoms with Gasteiger partial charge in [0.05, 0.1) is 30.4 Å². The lowest BCUT2D eigenvalue weighted by Crippen LogP contribution is -2.39. The van der Waals surface area contributed by atoms with Gasteiger partial charge in [0.1, 0.15) is 5.76 Å². The lowest BCUT2D eigenvalue weighted by atomic mass is 10.2. The second-order valence-electron chi connectivity index (χ2n) is 7.85. The first kappa shape index (κ1) is 26.7. The Morgan fingerprint density at radius 3 is 2.53 bits per heavy atom. The number of halogens is 1. The number of hydrogen-bond acceptors (Lipinski definition) is 5. The van der Waals surface area contributed by atoms with Crippen molar-refractivity contribution in [1.82, 2.24) is 15.5 Å². The molecule has 2 N–H and O–H groups in total. The van der Waals surface area contributed by atoms with Crippen LogP contribution in [0.1, 0.15) is 43.6 Å². The number of benzene rings is 1. The Bertz CT molecular complexity index is 899. The molecule has 1 aliphatic rings. The van der Waals surface area contributed by atoms with Gasteiger partial charge in [0.25, 0.3) is 0 Å². The molecule has 0 spiro atoms. The molecule has 1 fully saturated rings. The van der Waals surface area contributed by atoms with Crippen LogP contribution in [0.3, 0.4) is 0 Å². The first-order valence-electron chi connectivity index (χ1n) is 11.1. The number of hydrogen-bond donors (Lipinski definition) is 2. The molecule has 2 heterocycles. The van der Waals surface area contributed by atoms with Gasteiger partial charge in [0.15, 0.2) is 15.8 Å². The predicted octanol–water partition coefficient (Wildman–Crippen LogP) is 3.59. The average molecular weight is 575 g/mol. The highest BCUT2D eigenvalue weighted by Crippen LogP contribution is 2.25. The maximum atomic E-state index is 12.4. The first-order valence-corrected chi connectivity index (χ1v) is 12.9. The van der Waals surface area contributed by atoms with Crippen LogP contribution in [0.4, 0.5) is 0 Å². The highest BCUT2D eigenvalue weighted by molar-refractivity contribution is 14.0. The third kappa shape index (κ3) is 8.74. The van der Waals surface area contributed by atoms with Crippen LogP contribution >= 0.6 is 24.0 Å². The van der Waals surface area contributed by atoms with E-state index in [0.29, 0.717) is 25.5 Å². The average Bonchev–Trinajstić information content (AvgIpc) is 3.46. The standard InChI is InChI=1S/C23H34N4O3S.HI/c1-2-24-23(25-13-9-17-31(28,29)19-20-10-4-3-5-11-20)26-18-21(22-12-8-16-30-22)27-14-6-7-15-27;/h3-5,8,10-12,16,21H,2,6-7,9,13-15,17-19H2,1H3,(H2,24,25,26);1H. The normalized spacial score (nSPS) is 15.8. The van der Waals surface area contributed by atoms with E-state index >= 15 is 0 Å². The van der Waals surface area contributed by atoms with Crippen molar-refractivity contribution in [3.8, 4) is 0 Å². The molecule has 0 aliphatic carbocycles. The Morgan fingerprint density at radius 2 is 1.88 bits per heavy atom. The van der Waals surface area contributed by atoms with E-state index in [1.165, 1.54) is 12.8 Å². The van der Waals surface area contributed by atoms with Crippen molar-refractivity contribution in [3.05, 3.63) is 60.1 Å². The number of sulfone groups is 1. The summed E-state index contributed by atoms with van der Waals surface area (Å²) in [6, 6.07) is 13.4. The SMILES string of the molecule is CCNC(=NCC(c1ccco1)N1CCCC1)NCCCS(=O)(=O)Cc1ccccc1.I. The summed E-state index contributed by atoms with van der Waals surface area (Å²) >= 11 is 0. The highest BCUT2D eigenvalue weighted by atomic mass is 127. The second kappa shape index (κ2) is 13.8. The number of likely N-dealkylation sites (tertiary alicyclic amines) is 1. The van der Waals surface area contributed by atoms with Crippen molar-refractivity contribution in [3.63, 3.8) is 0 Å². The van der Waals surface area contributed by atoms with E-state index in [1.54, 1.807) is 6.26 Å². The maximum Gasteiger partial charge on any atom is 0.191 e. The minimum Gasteiger partial charge on any atom is -0.468 e. The van der Waals surface area contributed by atoms with E-state index < -0.39 is 9.84 Å². The Balaban J connectivity index is 0.00000363. The lowest BCUT2D eigenvalue weighted by Gasteiger charge is -2.24. The molecular weight excluding hydrogens is 539 g/mol.